The number of carbonyl (C=O) groups is 2. The zero-order valence-corrected chi connectivity index (χ0v) is 9.78. The molecular weight excluding hydrogens is 196 g/mol. The maximum Gasteiger partial charge on any atom is 0.322 e. The molecule has 5 nitrogen and oxygen atoms in total. The summed E-state index contributed by atoms with van der Waals surface area (Å²) in [4.78, 5) is 23.7. The SMILES string of the molecule is CC(C)CC(C(=O)NCC(=O)O)N(C)C. The zero-order valence-electron chi connectivity index (χ0n) is 9.78. The van der Waals surface area contributed by atoms with Gasteiger partial charge in [-0.15, -0.1) is 0 Å². The fraction of sp³-hybridized carbons (Fsp3) is 0.800. The van der Waals surface area contributed by atoms with Gasteiger partial charge in [0.2, 0.25) is 5.91 Å². The lowest BCUT2D eigenvalue weighted by Crippen LogP contribution is -2.45. The Hall–Kier alpha value is -1.10. The summed E-state index contributed by atoms with van der Waals surface area (Å²) in [6.07, 6.45) is 0.721. The van der Waals surface area contributed by atoms with Crippen molar-refractivity contribution in [3.05, 3.63) is 0 Å². The molecule has 0 heterocycles. The molecule has 0 aliphatic heterocycles. The molecule has 0 saturated heterocycles. The normalized spacial score (nSPS) is 12.9. The molecule has 0 spiro atoms. The summed E-state index contributed by atoms with van der Waals surface area (Å²) in [5.41, 5.74) is 0. The second-order valence-electron chi connectivity index (χ2n) is 4.22. The first kappa shape index (κ1) is 13.9. The number of nitrogens with zero attached hydrogens (tertiary/aromatic N) is 1. The molecule has 0 saturated carbocycles. The monoisotopic (exact) mass is 216 g/mol. The number of nitrogens with one attached hydrogen (secondary N) is 1. The lowest BCUT2D eigenvalue weighted by molar-refractivity contribution is -0.138. The Morgan fingerprint density at radius 2 is 1.87 bits per heavy atom. The lowest BCUT2D eigenvalue weighted by atomic mass is 10.0. The van der Waals surface area contributed by atoms with E-state index in [-0.39, 0.29) is 18.5 Å². The number of rotatable bonds is 6. The van der Waals surface area contributed by atoms with Gasteiger partial charge in [-0.05, 0) is 26.4 Å². The Labute approximate surface area is 90.5 Å². The number of aliphatic carboxylic acids is 1. The maximum absolute atomic E-state index is 11.6. The van der Waals surface area contributed by atoms with E-state index in [0.717, 1.165) is 6.42 Å². The number of carboxylic acid groups (broad SMARTS) is 1. The van der Waals surface area contributed by atoms with Crippen LogP contribution in [0.5, 0.6) is 0 Å². The van der Waals surface area contributed by atoms with E-state index in [4.69, 9.17) is 5.11 Å². The van der Waals surface area contributed by atoms with Gasteiger partial charge >= 0.3 is 5.97 Å². The zero-order chi connectivity index (χ0) is 12.0. The van der Waals surface area contributed by atoms with Gasteiger partial charge in [0.25, 0.3) is 0 Å². The van der Waals surface area contributed by atoms with Gasteiger partial charge in [-0.2, -0.15) is 0 Å². The molecule has 0 aromatic carbocycles. The van der Waals surface area contributed by atoms with Crippen LogP contribution in [0.15, 0.2) is 0 Å². The Kier molecular flexibility index (Phi) is 5.93. The molecule has 88 valence electrons. The topological polar surface area (TPSA) is 69.6 Å². The predicted molar refractivity (Wildman–Crippen MR) is 57.6 cm³/mol. The summed E-state index contributed by atoms with van der Waals surface area (Å²) in [6.45, 7) is 3.74. The molecular formula is C10H20N2O3. The van der Waals surface area contributed by atoms with E-state index in [1.54, 1.807) is 4.90 Å². The number of likely N-dealkylation sites (N-methyl/N-ethyl adjacent to an activating group) is 1. The van der Waals surface area contributed by atoms with Crippen molar-refractivity contribution in [2.24, 2.45) is 5.92 Å². The molecule has 15 heavy (non-hydrogen) atoms. The van der Waals surface area contributed by atoms with Crippen LogP contribution in [0, 0.1) is 5.92 Å². The van der Waals surface area contributed by atoms with E-state index < -0.39 is 5.97 Å². The predicted octanol–water partition coefficient (Wildman–Crippen LogP) is 0.164. The van der Waals surface area contributed by atoms with Gasteiger partial charge in [-0.3, -0.25) is 14.5 Å². The highest BCUT2D eigenvalue weighted by atomic mass is 16.4. The van der Waals surface area contributed by atoms with Gasteiger partial charge in [-0.25, -0.2) is 0 Å². The third-order valence-electron chi connectivity index (χ3n) is 2.03. The standard InChI is InChI=1S/C10H20N2O3/c1-7(2)5-8(12(3)4)10(15)11-6-9(13)14/h7-8H,5-6H2,1-4H3,(H,11,15)(H,13,14). The lowest BCUT2D eigenvalue weighted by Gasteiger charge is -2.24. The minimum atomic E-state index is -1.02. The molecule has 0 rings (SSSR count). The summed E-state index contributed by atoms with van der Waals surface area (Å²) in [7, 11) is 3.63. The third-order valence-corrected chi connectivity index (χ3v) is 2.03. The third kappa shape index (κ3) is 6.06. The van der Waals surface area contributed by atoms with Crippen molar-refractivity contribution in [2.75, 3.05) is 20.6 Å². The molecule has 0 bridgehead atoms. The molecule has 0 aliphatic carbocycles. The van der Waals surface area contributed by atoms with E-state index in [2.05, 4.69) is 5.32 Å². The largest absolute Gasteiger partial charge is 0.480 e. The number of carboxylic acids is 1. The summed E-state index contributed by atoms with van der Waals surface area (Å²) < 4.78 is 0. The van der Waals surface area contributed by atoms with Crippen molar-refractivity contribution in [2.45, 2.75) is 26.3 Å². The van der Waals surface area contributed by atoms with Crippen LogP contribution in [0.3, 0.4) is 0 Å². The molecule has 0 fully saturated rings. The summed E-state index contributed by atoms with van der Waals surface area (Å²) in [5.74, 6) is -0.852. The van der Waals surface area contributed by atoms with Crippen molar-refractivity contribution in [3.63, 3.8) is 0 Å². The van der Waals surface area contributed by atoms with E-state index in [9.17, 15) is 9.59 Å². The Bertz CT molecular complexity index is 227. The van der Waals surface area contributed by atoms with Crippen LogP contribution in [-0.2, 0) is 9.59 Å². The maximum atomic E-state index is 11.6. The van der Waals surface area contributed by atoms with Crippen LogP contribution >= 0.6 is 0 Å². The quantitative estimate of drug-likeness (QED) is 0.663. The minimum absolute atomic E-state index is 0.226. The van der Waals surface area contributed by atoms with Gasteiger partial charge in [0.05, 0.1) is 6.04 Å². The van der Waals surface area contributed by atoms with Gasteiger partial charge in [0, 0.05) is 0 Å². The number of carbonyl (C=O) groups excluding carboxylic acids is 1. The van der Waals surface area contributed by atoms with Crippen molar-refractivity contribution in [1.29, 1.82) is 0 Å². The van der Waals surface area contributed by atoms with E-state index >= 15 is 0 Å². The van der Waals surface area contributed by atoms with Crippen LogP contribution in [0.25, 0.3) is 0 Å². The van der Waals surface area contributed by atoms with Crippen molar-refractivity contribution >= 4 is 11.9 Å². The molecule has 2 N–H and O–H groups in total. The molecule has 1 atom stereocenters. The average molecular weight is 216 g/mol. The highest BCUT2D eigenvalue weighted by Gasteiger charge is 2.21. The fourth-order valence-corrected chi connectivity index (χ4v) is 1.28. The first-order valence-corrected chi connectivity index (χ1v) is 5.00. The molecule has 1 amide bonds. The van der Waals surface area contributed by atoms with Gasteiger partial charge in [0.15, 0.2) is 0 Å². The first-order valence-electron chi connectivity index (χ1n) is 5.00. The summed E-state index contributed by atoms with van der Waals surface area (Å²) in [6, 6.07) is -0.260. The minimum Gasteiger partial charge on any atom is -0.480 e. The van der Waals surface area contributed by atoms with Crippen LogP contribution in [0.2, 0.25) is 0 Å². The van der Waals surface area contributed by atoms with Crippen LogP contribution < -0.4 is 5.32 Å². The van der Waals surface area contributed by atoms with Gasteiger partial charge < -0.3 is 10.4 Å². The van der Waals surface area contributed by atoms with E-state index in [1.165, 1.54) is 0 Å². The molecule has 0 aromatic heterocycles. The molecule has 0 radical (unpaired) electrons. The molecule has 1 unspecified atom stereocenters. The van der Waals surface area contributed by atoms with Crippen LogP contribution in [0.4, 0.5) is 0 Å². The fourth-order valence-electron chi connectivity index (χ4n) is 1.28. The Morgan fingerprint density at radius 3 is 2.20 bits per heavy atom. The van der Waals surface area contributed by atoms with Crippen LogP contribution in [0.1, 0.15) is 20.3 Å². The molecule has 0 aromatic rings. The number of hydrogen-bond acceptors (Lipinski definition) is 3. The summed E-state index contributed by atoms with van der Waals surface area (Å²) >= 11 is 0. The van der Waals surface area contributed by atoms with Crippen molar-refractivity contribution < 1.29 is 14.7 Å². The second kappa shape index (κ2) is 6.40. The second-order valence-corrected chi connectivity index (χ2v) is 4.22. The highest BCUT2D eigenvalue weighted by Crippen LogP contribution is 2.08. The van der Waals surface area contributed by atoms with Gasteiger partial charge in [-0.1, -0.05) is 13.8 Å². The highest BCUT2D eigenvalue weighted by molar-refractivity contribution is 5.85. The number of hydrogen-bond donors (Lipinski definition) is 2. The smallest absolute Gasteiger partial charge is 0.322 e. The van der Waals surface area contributed by atoms with E-state index in [0.29, 0.717) is 5.92 Å². The van der Waals surface area contributed by atoms with Crippen LogP contribution in [-0.4, -0.2) is 48.6 Å². The molecule has 5 heteroatoms. The molecule has 0 aliphatic rings. The van der Waals surface area contributed by atoms with E-state index in [1.807, 2.05) is 27.9 Å². The van der Waals surface area contributed by atoms with Crippen molar-refractivity contribution in [3.8, 4) is 0 Å². The Morgan fingerprint density at radius 1 is 1.33 bits per heavy atom. The Balaban J connectivity index is 4.23. The van der Waals surface area contributed by atoms with Gasteiger partial charge in [0.1, 0.15) is 6.54 Å². The average Bonchev–Trinajstić information content (AvgIpc) is 2.09. The van der Waals surface area contributed by atoms with Crippen molar-refractivity contribution in [1.82, 2.24) is 10.2 Å². The first-order chi connectivity index (χ1) is 6.84. The summed E-state index contributed by atoms with van der Waals surface area (Å²) in [5, 5.41) is 10.8. The number of amides is 1.